The Morgan fingerprint density at radius 2 is 1.74 bits per heavy atom. The van der Waals surface area contributed by atoms with E-state index in [9.17, 15) is 8.42 Å². The van der Waals surface area contributed by atoms with Gasteiger partial charge in [0.05, 0.1) is 4.90 Å². The molecule has 0 N–H and O–H groups in total. The van der Waals surface area contributed by atoms with Crippen LogP contribution in [0.25, 0.3) is 5.78 Å². The van der Waals surface area contributed by atoms with Gasteiger partial charge in [-0.1, -0.05) is 48.0 Å². The first-order valence-electron chi connectivity index (χ1n) is 11.1. The minimum Gasteiger partial charge on any atom is -0.354 e. The average Bonchev–Trinajstić information content (AvgIpc) is 3.30. The molecule has 0 saturated carbocycles. The zero-order valence-electron chi connectivity index (χ0n) is 19.0. The van der Waals surface area contributed by atoms with Crippen LogP contribution in [0.1, 0.15) is 22.4 Å². The summed E-state index contributed by atoms with van der Waals surface area (Å²) in [6.07, 6.45) is 2.20. The fourth-order valence-corrected chi connectivity index (χ4v) is 6.02. The van der Waals surface area contributed by atoms with Crippen LogP contribution in [0.2, 0.25) is 5.02 Å². The Balaban J connectivity index is 1.45. The van der Waals surface area contributed by atoms with Crippen LogP contribution >= 0.6 is 11.6 Å². The van der Waals surface area contributed by atoms with Gasteiger partial charge in [-0.3, -0.25) is 0 Å². The molecule has 0 aliphatic carbocycles. The van der Waals surface area contributed by atoms with Crippen LogP contribution in [0.4, 0.5) is 5.82 Å². The molecule has 1 aliphatic heterocycles. The molecular formula is C24H25ClN6O2S. The van der Waals surface area contributed by atoms with Crippen LogP contribution in [0.15, 0.2) is 59.8 Å². The third kappa shape index (κ3) is 4.15. The van der Waals surface area contributed by atoms with E-state index in [0.717, 1.165) is 22.6 Å². The van der Waals surface area contributed by atoms with Crippen molar-refractivity contribution in [3.8, 4) is 0 Å². The van der Waals surface area contributed by atoms with Gasteiger partial charge in [0.15, 0.2) is 0 Å². The molecule has 1 aliphatic rings. The van der Waals surface area contributed by atoms with E-state index in [0.29, 0.717) is 43.4 Å². The van der Waals surface area contributed by atoms with Crippen molar-refractivity contribution in [2.75, 3.05) is 31.1 Å². The van der Waals surface area contributed by atoms with Crippen LogP contribution in [0.5, 0.6) is 0 Å². The van der Waals surface area contributed by atoms with Gasteiger partial charge in [-0.2, -0.15) is 18.9 Å². The third-order valence-electron chi connectivity index (χ3n) is 6.25. The lowest BCUT2D eigenvalue weighted by Gasteiger charge is -2.36. The zero-order valence-corrected chi connectivity index (χ0v) is 20.6. The van der Waals surface area contributed by atoms with E-state index in [1.807, 2.05) is 32.0 Å². The SMILES string of the molecule is Cc1ccc(S(=O)(=O)N2CCN(c3c(Cc4ccccc4)c(C)nc4ncnn34)CC2)cc1Cl. The topological polar surface area (TPSA) is 83.7 Å². The number of hydrogen-bond donors (Lipinski definition) is 0. The number of hydrogen-bond acceptors (Lipinski definition) is 6. The Hall–Kier alpha value is -3.01. The molecule has 5 rings (SSSR count). The van der Waals surface area contributed by atoms with Crippen molar-refractivity contribution in [1.82, 2.24) is 23.9 Å². The summed E-state index contributed by atoms with van der Waals surface area (Å²) in [5, 5.41) is 4.88. The number of piperazine rings is 1. The monoisotopic (exact) mass is 496 g/mol. The van der Waals surface area contributed by atoms with Crippen molar-refractivity contribution in [2.45, 2.75) is 25.2 Å². The molecule has 1 fully saturated rings. The van der Waals surface area contributed by atoms with Gasteiger partial charge >= 0.3 is 0 Å². The van der Waals surface area contributed by atoms with Crippen LogP contribution in [0, 0.1) is 13.8 Å². The predicted molar refractivity (Wildman–Crippen MR) is 132 cm³/mol. The van der Waals surface area contributed by atoms with Gasteiger partial charge in [0.25, 0.3) is 5.78 Å². The molecule has 34 heavy (non-hydrogen) atoms. The number of anilines is 1. The molecule has 0 bridgehead atoms. The summed E-state index contributed by atoms with van der Waals surface area (Å²) in [5.74, 6) is 1.45. The smallest absolute Gasteiger partial charge is 0.254 e. The quantitative estimate of drug-likeness (QED) is 0.420. The number of sulfonamides is 1. The molecule has 2 aromatic carbocycles. The van der Waals surface area contributed by atoms with Crippen LogP contribution in [0.3, 0.4) is 0 Å². The number of halogens is 1. The van der Waals surface area contributed by atoms with Gasteiger partial charge < -0.3 is 4.90 Å². The van der Waals surface area contributed by atoms with Crippen LogP contribution < -0.4 is 4.90 Å². The van der Waals surface area contributed by atoms with E-state index in [1.54, 1.807) is 16.6 Å². The zero-order chi connectivity index (χ0) is 23.9. The summed E-state index contributed by atoms with van der Waals surface area (Å²) in [5.41, 5.74) is 3.97. The lowest BCUT2D eigenvalue weighted by Crippen LogP contribution is -2.49. The second-order valence-electron chi connectivity index (χ2n) is 8.44. The largest absolute Gasteiger partial charge is 0.354 e. The van der Waals surface area contributed by atoms with Gasteiger partial charge in [-0.25, -0.2) is 13.4 Å². The molecule has 0 amide bonds. The molecule has 8 nitrogen and oxygen atoms in total. The van der Waals surface area contributed by atoms with Gasteiger partial charge in [0, 0.05) is 48.9 Å². The molecule has 3 heterocycles. The fraction of sp³-hybridized carbons (Fsp3) is 0.292. The molecule has 0 radical (unpaired) electrons. The van der Waals surface area contributed by atoms with Gasteiger partial charge in [0.1, 0.15) is 12.1 Å². The van der Waals surface area contributed by atoms with E-state index < -0.39 is 10.0 Å². The Morgan fingerprint density at radius 3 is 2.44 bits per heavy atom. The van der Waals surface area contributed by atoms with Crippen molar-refractivity contribution in [3.63, 3.8) is 0 Å². The highest BCUT2D eigenvalue weighted by Crippen LogP contribution is 2.29. The van der Waals surface area contributed by atoms with Crippen LogP contribution in [-0.4, -0.2) is 58.5 Å². The summed E-state index contributed by atoms with van der Waals surface area (Å²) >= 11 is 6.19. The highest BCUT2D eigenvalue weighted by Gasteiger charge is 2.31. The van der Waals surface area contributed by atoms with E-state index >= 15 is 0 Å². The molecule has 4 aromatic rings. The maximum absolute atomic E-state index is 13.2. The van der Waals surface area contributed by atoms with Gasteiger partial charge in [-0.05, 0) is 37.1 Å². The van der Waals surface area contributed by atoms with Crippen molar-refractivity contribution in [1.29, 1.82) is 0 Å². The Kier molecular flexibility index (Phi) is 6.01. The number of benzene rings is 2. The lowest BCUT2D eigenvalue weighted by atomic mass is 10.0. The maximum Gasteiger partial charge on any atom is 0.254 e. The number of aromatic nitrogens is 4. The molecule has 1 saturated heterocycles. The van der Waals surface area contributed by atoms with Crippen molar-refractivity contribution in [3.05, 3.63) is 82.3 Å². The molecule has 0 unspecified atom stereocenters. The van der Waals surface area contributed by atoms with Gasteiger partial charge in [0.2, 0.25) is 10.0 Å². The minimum atomic E-state index is -3.63. The number of fused-ring (bicyclic) bond motifs is 1. The van der Waals surface area contributed by atoms with E-state index in [-0.39, 0.29) is 4.90 Å². The molecular weight excluding hydrogens is 472 g/mol. The maximum atomic E-state index is 13.2. The first-order chi connectivity index (χ1) is 16.3. The molecule has 176 valence electrons. The fourth-order valence-electron chi connectivity index (χ4n) is 4.32. The first kappa shape index (κ1) is 22.8. The number of rotatable bonds is 5. The lowest BCUT2D eigenvalue weighted by molar-refractivity contribution is 0.382. The summed E-state index contributed by atoms with van der Waals surface area (Å²) < 4.78 is 29.8. The first-order valence-corrected chi connectivity index (χ1v) is 12.9. The minimum absolute atomic E-state index is 0.222. The molecule has 2 aromatic heterocycles. The summed E-state index contributed by atoms with van der Waals surface area (Å²) in [6.45, 7) is 5.61. The molecule has 0 atom stereocenters. The highest BCUT2D eigenvalue weighted by molar-refractivity contribution is 7.89. The summed E-state index contributed by atoms with van der Waals surface area (Å²) in [4.78, 5) is 11.3. The second-order valence-corrected chi connectivity index (χ2v) is 10.8. The predicted octanol–water partition coefficient (Wildman–Crippen LogP) is 3.50. The Bertz CT molecular complexity index is 1450. The normalized spacial score (nSPS) is 15.2. The Labute approximate surface area is 203 Å². The second kappa shape index (κ2) is 8.98. The highest BCUT2D eigenvalue weighted by atomic mass is 35.5. The van der Waals surface area contributed by atoms with Crippen LogP contribution in [-0.2, 0) is 16.4 Å². The number of aryl methyl sites for hydroxylation is 2. The van der Waals surface area contributed by atoms with Crippen molar-refractivity contribution in [2.24, 2.45) is 0 Å². The molecule has 10 heteroatoms. The third-order valence-corrected chi connectivity index (χ3v) is 8.55. The standard InChI is InChI=1S/C24H25ClN6O2S/c1-17-8-9-20(15-22(17)25)34(32,33)30-12-10-29(11-13-30)23-21(14-19-6-4-3-5-7-19)18(2)28-24-26-16-27-31(23)24/h3-9,15-16H,10-14H2,1-2H3. The van der Waals surface area contributed by atoms with E-state index in [4.69, 9.17) is 11.6 Å². The van der Waals surface area contributed by atoms with Crippen molar-refractivity contribution >= 4 is 33.2 Å². The summed E-state index contributed by atoms with van der Waals surface area (Å²) in [7, 11) is -3.63. The average molecular weight is 497 g/mol. The molecule has 0 spiro atoms. The summed E-state index contributed by atoms with van der Waals surface area (Å²) in [6, 6.07) is 15.1. The van der Waals surface area contributed by atoms with E-state index in [1.165, 1.54) is 22.3 Å². The Morgan fingerprint density at radius 1 is 1.00 bits per heavy atom. The number of nitrogens with zero attached hydrogens (tertiary/aromatic N) is 6. The van der Waals surface area contributed by atoms with Crippen molar-refractivity contribution < 1.29 is 8.42 Å². The van der Waals surface area contributed by atoms with E-state index in [2.05, 4.69) is 32.1 Å². The van der Waals surface area contributed by atoms with Gasteiger partial charge in [-0.15, -0.1) is 0 Å².